The van der Waals surface area contributed by atoms with Crippen LogP contribution in [0.15, 0.2) is 52.4 Å². The number of carbonyl (C=O) groups excluding carboxylic acids is 1. The molecule has 0 saturated heterocycles. The summed E-state index contributed by atoms with van der Waals surface area (Å²) in [4.78, 5) is 16.0. The zero-order valence-electron chi connectivity index (χ0n) is 13.4. The highest BCUT2D eigenvalue weighted by Gasteiger charge is 2.21. The molecule has 3 rings (SSSR count). The van der Waals surface area contributed by atoms with Crippen LogP contribution in [0.5, 0.6) is 11.5 Å². The number of methoxy groups -OCH3 is 1. The number of amides is 1. The van der Waals surface area contributed by atoms with Gasteiger partial charge in [0, 0.05) is 16.1 Å². The van der Waals surface area contributed by atoms with Gasteiger partial charge in [-0.1, -0.05) is 41.9 Å². The number of nitrogens with zero attached hydrogens (tertiary/aromatic N) is 1. The Balaban J connectivity index is 1.91. The van der Waals surface area contributed by atoms with Crippen LogP contribution >= 0.6 is 23.4 Å². The van der Waals surface area contributed by atoms with Crippen molar-refractivity contribution in [3.05, 3.63) is 63.5 Å². The van der Waals surface area contributed by atoms with E-state index in [4.69, 9.17) is 26.8 Å². The lowest BCUT2D eigenvalue weighted by atomic mass is 10.1. The van der Waals surface area contributed by atoms with Crippen molar-refractivity contribution in [1.82, 2.24) is 0 Å². The molecule has 2 aromatic rings. The van der Waals surface area contributed by atoms with Gasteiger partial charge in [-0.3, -0.25) is 4.79 Å². The molecule has 0 atom stereocenters. The number of amidine groups is 1. The molecule has 2 N–H and O–H groups in total. The van der Waals surface area contributed by atoms with Gasteiger partial charge in [0.1, 0.15) is 6.61 Å². The largest absolute Gasteiger partial charge is 0.493 e. The van der Waals surface area contributed by atoms with E-state index in [1.807, 2.05) is 30.3 Å². The van der Waals surface area contributed by atoms with E-state index in [2.05, 4.69) is 4.99 Å². The van der Waals surface area contributed by atoms with Crippen LogP contribution in [0.3, 0.4) is 0 Å². The second-order valence-corrected chi connectivity index (χ2v) is 6.59. The van der Waals surface area contributed by atoms with Gasteiger partial charge < -0.3 is 15.2 Å². The van der Waals surface area contributed by atoms with Gasteiger partial charge in [-0.2, -0.15) is 4.99 Å². The number of thioether (sulfide) groups is 1. The number of para-hydroxylation sites is 1. The Morgan fingerprint density at radius 3 is 2.72 bits per heavy atom. The predicted octanol–water partition coefficient (Wildman–Crippen LogP) is 3.86. The van der Waals surface area contributed by atoms with Crippen molar-refractivity contribution in [3.8, 4) is 11.5 Å². The summed E-state index contributed by atoms with van der Waals surface area (Å²) >= 11 is 7.31. The van der Waals surface area contributed by atoms with Crippen LogP contribution < -0.4 is 15.2 Å². The predicted molar refractivity (Wildman–Crippen MR) is 101 cm³/mol. The standard InChI is InChI=1S/C18H15ClN2O3S/c1-23-14-8-4-6-11(9-15-17(22)21-18(20)25-15)16(14)24-10-12-5-2-3-7-13(12)19/h2-9H,10H2,1H3,(H2,20,21,22)/b15-9+. The van der Waals surface area contributed by atoms with Crippen molar-refractivity contribution in [2.45, 2.75) is 6.61 Å². The Morgan fingerprint density at radius 2 is 2.04 bits per heavy atom. The van der Waals surface area contributed by atoms with E-state index in [0.29, 0.717) is 27.0 Å². The fourth-order valence-corrected chi connectivity index (χ4v) is 3.16. The smallest absolute Gasteiger partial charge is 0.286 e. The molecule has 0 radical (unpaired) electrons. The van der Waals surface area contributed by atoms with Gasteiger partial charge in [0.2, 0.25) is 0 Å². The highest BCUT2D eigenvalue weighted by Crippen LogP contribution is 2.36. The van der Waals surface area contributed by atoms with E-state index in [0.717, 1.165) is 17.3 Å². The van der Waals surface area contributed by atoms with Crippen molar-refractivity contribution in [1.29, 1.82) is 0 Å². The van der Waals surface area contributed by atoms with E-state index in [1.54, 1.807) is 25.3 Å². The van der Waals surface area contributed by atoms with Gasteiger partial charge in [-0.15, -0.1) is 0 Å². The number of hydrogen-bond acceptors (Lipinski definition) is 5. The summed E-state index contributed by atoms with van der Waals surface area (Å²) in [7, 11) is 1.56. The summed E-state index contributed by atoms with van der Waals surface area (Å²) < 4.78 is 11.3. The molecule has 0 saturated carbocycles. The van der Waals surface area contributed by atoms with Crippen LogP contribution in [0.2, 0.25) is 5.02 Å². The molecule has 1 heterocycles. The van der Waals surface area contributed by atoms with Crippen LogP contribution in [0, 0.1) is 0 Å². The van der Waals surface area contributed by atoms with Crippen molar-refractivity contribution in [2.24, 2.45) is 10.7 Å². The number of hydrogen-bond donors (Lipinski definition) is 1. The van der Waals surface area contributed by atoms with Gasteiger partial charge >= 0.3 is 0 Å². The van der Waals surface area contributed by atoms with Crippen LogP contribution in [0.4, 0.5) is 0 Å². The Labute approximate surface area is 154 Å². The van der Waals surface area contributed by atoms with Gasteiger partial charge in [-0.25, -0.2) is 0 Å². The molecule has 1 aliphatic heterocycles. The summed E-state index contributed by atoms with van der Waals surface area (Å²) in [6.07, 6.45) is 1.70. The highest BCUT2D eigenvalue weighted by molar-refractivity contribution is 8.18. The Bertz CT molecular complexity index is 880. The van der Waals surface area contributed by atoms with Gasteiger partial charge in [0.05, 0.1) is 12.0 Å². The van der Waals surface area contributed by atoms with Crippen molar-refractivity contribution in [2.75, 3.05) is 7.11 Å². The molecular weight excluding hydrogens is 360 g/mol. The fourth-order valence-electron chi connectivity index (χ4n) is 2.29. The van der Waals surface area contributed by atoms with Crippen LogP contribution in [-0.4, -0.2) is 18.2 Å². The first-order valence-electron chi connectivity index (χ1n) is 7.39. The molecule has 0 spiro atoms. The van der Waals surface area contributed by atoms with E-state index in [9.17, 15) is 4.79 Å². The number of benzene rings is 2. The number of rotatable bonds is 5. The molecule has 2 aromatic carbocycles. The second kappa shape index (κ2) is 7.63. The number of carbonyl (C=O) groups is 1. The molecule has 0 unspecified atom stereocenters. The van der Waals surface area contributed by atoms with Gasteiger partial charge in [-0.05, 0) is 30.0 Å². The Hall–Kier alpha value is -2.44. The third kappa shape index (κ3) is 3.97. The van der Waals surface area contributed by atoms with E-state index in [1.165, 1.54) is 0 Å². The summed E-state index contributed by atoms with van der Waals surface area (Å²) in [6.45, 7) is 0.274. The zero-order valence-corrected chi connectivity index (χ0v) is 14.9. The third-order valence-corrected chi connectivity index (χ3v) is 4.66. The minimum absolute atomic E-state index is 0.234. The lowest BCUT2D eigenvalue weighted by Crippen LogP contribution is -2.01. The SMILES string of the molecule is COc1cccc(/C=C2/SC(N)=NC2=O)c1OCc1ccccc1Cl. The van der Waals surface area contributed by atoms with Crippen LogP contribution in [0.1, 0.15) is 11.1 Å². The zero-order chi connectivity index (χ0) is 17.8. The van der Waals surface area contributed by atoms with E-state index in [-0.39, 0.29) is 17.7 Å². The quantitative estimate of drug-likeness (QED) is 0.804. The minimum Gasteiger partial charge on any atom is -0.493 e. The number of ether oxygens (including phenoxy) is 2. The van der Waals surface area contributed by atoms with Gasteiger partial charge in [0.15, 0.2) is 16.7 Å². The maximum atomic E-state index is 11.8. The monoisotopic (exact) mass is 374 g/mol. The first kappa shape index (κ1) is 17.4. The number of nitrogens with two attached hydrogens (primary N) is 1. The average Bonchev–Trinajstić information content (AvgIpc) is 2.92. The summed E-state index contributed by atoms with van der Waals surface area (Å²) in [5, 5.41) is 0.859. The Morgan fingerprint density at radius 1 is 1.24 bits per heavy atom. The molecule has 0 aliphatic carbocycles. The molecular formula is C18H15ClN2O3S. The molecule has 7 heteroatoms. The fraction of sp³-hybridized carbons (Fsp3) is 0.111. The van der Waals surface area contributed by atoms with Crippen molar-refractivity contribution < 1.29 is 14.3 Å². The molecule has 0 bridgehead atoms. The first-order valence-corrected chi connectivity index (χ1v) is 8.59. The second-order valence-electron chi connectivity index (χ2n) is 5.12. The summed E-state index contributed by atoms with van der Waals surface area (Å²) in [5.41, 5.74) is 7.15. The Kier molecular flexibility index (Phi) is 5.31. The average molecular weight is 375 g/mol. The maximum absolute atomic E-state index is 11.8. The van der Waals surface area contributed by atoms with Crippen molar-refractivity contribution in [3.63, 3.8) is 0 Å². The number of halogens is 1. The molecule has 128 valence electrons. The molecule has 0 aromatic heterocycles. The minimum atomic E-state index is -0.359. The number of aliphatic imine (C=N–C) groups is 1. The lowest BCUT2D eigenvalue weighted by Gasteiger charge is -2.14. The van der Waals surface area contributed by atoms with Crippen LogP contribution in [0.25, 0.3) is 6.08 Å². The summed E-state index contributed by atoms with van der Waals surface area (Å²) in [5.74, 6) is 0.726. The lowest BCUT2D eigenvalue weighted by molar-refractivity contribution is -0.113. The summed E-state index contributed by atoms with van der Waals surface area (Å²) in [6, 6.07) is 12.9. The van der Waals surface area contributed by atoms with E-state index < -0.39 is 0 Å². The molecule has 1 aliphatic rings. The molecule has 5 nitrogen and oxygen atoms in total. The normalized spacial score (nSPS) is 15.4. The molecule has 1 amide bonds. The van der Waals surface area contributed by atoms with Crippen molar-refractivity contribution >= 4 is 40.5 Å². The molecule has 0 fully saturated rings. The highest BCUT2D eigenvalue weighted by atomic mass is 35.5. The first-order chi connectivity index (χ1) is 12.1. The molecule has 25 heavy (non-hydrogen) atoms. The van der Waals surface area contributed by atoms with Crippen LogP contribution in [-0.2, 0) is 11.4 Å². The topological polar surface area (TPSA) is 73.9 Å². The van der Waals surface area contributed by atoms with E-state index >= 15 is 0 Å². The third-order valence-electron chi connectivity index (χ3n) is 3.48. The van der Waals surface area contributed by atoms with Gasteiger partial charge in [0.25, 0.3) is 5.91 Å². The maximum Gasteiger partial charge on any atom is 0.286 e.